The fourth-order valence-electron chi connectivity index (χ4n) is 1.01. The topological polar surface area (TPSA) is 17.1 Å². The molecule has 0 spiro atoms. The third kappa shape index (κ3) is 2.71. The number of rotatable bonds is 2. The van der Waals surface area contributed by atoms with Crippen molar-refractivity contribution in [2.45, 2.75) is 13.8 Å². The molecule has 0 bridgehead atoms. The van der Waals surface area contributed by atoms with Gasteiger partial charge < -0.3 is 0 Å². The molecule has 0 unspecified atom stereocenters. The molecule has 0 radical (unpaired) electrons. The molecule has 0 fully saturated rings. The van der Waals surface area contributed by atoms with Crippen molar-refractivity contribution in [3.05, 3.63) is 40.4 Å². The second kappa shape index (κ2) is 4.24. The molecule has 2 heteroatoms. The van der Waals surface area contributed by atoms with E-state index in [0.29, 0.717) is 5.02 Å². The van der Waals surface area contributed by atoms with Crippen molar-refractivity contribution in [3.63, 3.8) is 0 Å². The van der Waals surface area contributed by atoms with E-state index in [-0.39, 0.29) is 5.78 Å². The smallest absolute Gasteiger partial charge is 0.152 e. The molecular formula is C11H11ClO. The van der Waals surface area contributed by atoms with Gasteiger partial charge in [0.1, 0.15) is 0 Å². The first-order chi connectivity index (χ1) is 6.11. The molecule has 0 saturated heterocycles. The first-order valence-corrected chi connectivity index (χ1v) is 4.43. The number of hydrogen-bond acceptors (Lipinski definition) is 1. The molecule has 0 heterocycles. The van der Waals surface area contributed by atoms with Gasteiger partial charge in [-0.15, -0.1) is 0 Å². The number of carbonyl (C=O) groups excluding carboxylic acids is 1. The third-order valence-electron chi connectivity index (χ3n) is 1.72. The summed E-state index contributed by atoms with van der Waals surface area (Å²) in [4.78, 5) is 10.7. The highest BCUT2D eigenvalue weighted by Crippen LogP contribution is 2.21. The van der Waals surface area contributed by atoms with Gasteiger partial charge in [-0.3, -0.25) is 4.79 Å². The van der Waals surface area contributed by atoms with Gasteiger partial charge in [0.05, 0.1) is 5.02 Å². The van der Waals surface area contributed by atoms with Crippen molar-refractivity contribution in [1.82, 2.24) is 0 Å². The third-order valence-corrected chi connectivity index (χ3v) is 2.24. The van der Waals surface area contributed by atoms with Gasteiger partial charge in [0.15, 0.2) is 5.78 Å². The molecule has 0 aromatic heterocycles. The van der Waals surface area contributed by atoms with Crippen LogP contribution in [0.4, 0.5) is 0 Å². The molecular weight excluding hydrogens is 184 g/mol. The Bertz CT molecular complexity index is 353. The average Bonchev–Trinajstić information content (AvgIpc) is 2.07. The van der Waals surface area contributed by atoms with E-state index in [9.17, 15) is 4.79 Å². The van der Waals surface area contributed by atoms with Crippen molar-refractivity contribution < 1.29 is 4.79 Å². The van der Waals surface area contributed by atoms with Crippen LogP contribution in [0.1, 0.15) is 18.1 Å². The van der Waals surface area contributed by atoms with E-state index in [1.165, 1.54) is 13.0 Å². The molecule has 1 rings (SSSR count). The van der Waals surface area contributed by atoms with Crippen LogP contribution < -0.4 is 0 Å². The van der Waals surface area contributed by atoms with Crippen LogP contribution >= 0.6 is 11.6 Å². The maximum absolute atomic E-state index is 10.7. The predicted octanol–water partition coefficient (Wildman–Crippen LogP) is 3.25. The quantitative estimate of drug-likeness (QED) is 0.661. The lowest BCUT2D eigenvalue weighted by molar-refractivity contribution is -0.112. The number of halogens is 1. The SMILES string of the molecule is CC(=O)/C=C/c1cccc(C)c1Cl. The maximum Gasteiger partial charge on any atom is 0.152 e. The maximum atomic E-state index is 10.7. The Balaban J connectivity index is 3.02. The van der Waals surface area contributed by atoms with Gasteiger partial charge in [-0.2, -0.15) is 0 Å². The Morgan fingerprint density at radius 1 is 1.46 bits per heavy atom. The lowest BCUT2D eigenvalue weighted by atomic mass is 10.1. The summed E-state index contributed by atoms with van der Waals surface area (Å²) in [5, 5.41) is 0.708. The number of carbonyl (C=O) groups is 1. The summed E-state index contributed by atoms with van der Waals surface area (Å²) in [5.74, 6) is 0.0255. The molecule has 1 aromatic rings. The predicted molar refractivity (Wildman–Crippen MR) is 55.9 cm³/mol. The van der Waals surface area contributed by atoms with E-state index in [1.807, 2.05) is 25.1 Å². The zero-order chi connectivity index (χ0) is 9.84. The van der Waals surface area contributed by atoms with Crippen molar-refractivity contribution in [1.29, 1.82) is 0 Å². The van der Waals surface area contributed by atoms with Crippen molar-refractivity contribution in [2.24, 2.45) is 0 Å². The van der Waals surface area contributed by atoms with E-state index >= 15 is 0 Å². The minimum atomic E-state index is 0.0255. The second-order valence-corrected chi connectivity index (χ2v) is 3.30. The van der Waals surface area contributed by atoms with E-state index in [1.54, 1.807) is 6.08 Å². The van der Waals surface area contributed by atoms with Gasteiger partial charge in [0, 0.05) is 0 Å². The van der Waals surface area contributed by atoms with Crippen LogP contribution in [0.5, 0.6) is 0 Å². The standard InChI is InChI=1S/C11H11ClO/c1-8-4-3-5-10(11(8)12)7-6-9(2)13/h3-7H,1-2H3/b7-6+. The highest BCUT2D eigenvalue weighted by molar-refractivity contribution is 6.32. The fraction of sp³-hybridized carbons (Fsp3) is 0.182. The number of benzene rings is 1. The van der Waals surface area contributed by atoms with Gasteiger partial charge in [-0.05, 0) is 37.1 Å². The van der Waals surface area contributed by atoms with Crippen molar-refractivity contribution in [3.8, 4) is 0 Å². The highest BCUT2D eigenvalue weighted by atomic mass is 35.5. The first kappa shape index (κ1) is 10.0. The first-order valence-electron chi connectivity index (χ1n) is 4.05. The fourth-order valence-corrected chi connectivity index (χ4v) is 1.19. The van der Waals surface area contributed by atoms with Crippen LogP contribution in [0.3, 0.4) is 0 Å². The summed E-state index contributed by atoms with van der Waals surface area (Å²) in [6, 6.07) is 5.74. The molecule has 1 nitrogen and oxygen atoms in total. The second-order valence-electron chi connectivity index (χ2n) is 2.92. The summed E-state index contributed by atoms with van der Waals surface area (Å²) in [5.41, 5.74) is 1.91. The monoisotopic (exact) mass is 194 g/mol. The summed E-state index contributed by atoms with van der Waals surface area (Å²) in [7, 11) is 0. The lowest BCUT2D eigenvalue weighted by Crippen LogP contribution is -1.83. The van der Waals surface area contributed by atoms with E-state index in [2.05, 4.69) is 0 Å². The average molecular weight is 195 g/mol. The normalized spacial score (nSPS) is 10.7. The van der Waals surface area contributed by atoms with Crippen molar-refractivity contribution >= 4 is 23.5 Å². The largest absolute Gasteiger partial charge is 0.295 e. The summed E-state index contributed by atoms with van der Waals surface area (Å²) < 4.78 is 0. The Morgan fingerprint density at radius 2 is 2.15 bits per heavy atom. The zero-order valence-corrected chi connectivity index (χ0v) is 8.43. The van der Waals surface area contributed by atoms with E-state index in [4.69, 9.17) is 11.6 Å². The van der Waals surface area contributed by atoms with E-state index < -0.39 is 0 Å². The van der Waals surface area contributed by atoms with Crippen LogP contribution in [0.2, 0.25) is 5.02 Å². The van der Waals surface area contributed by atoms with Crippen LogP contribution in [-0.4, -0.2) is 5.78 Å². The van der Waals surface area contributed by atoms with Crippen molar-refractivity contribution in [2.75, 3.05) is 0 Å². The molecule has 0 aliphatic carbocycles. The molecule has 0 N–H and O–H groups in total. The van der Waals surface area contributed by atoms with Gasteiger partial charge in [-0.25, -0.2) is 0 Å². The zero-order valence-electron chi connectivity index (χ0n) is 7.67. The number of allylic oxidation sites excluding steroid dienone is 1. The van der Waals surface area contributed by atoms with Crippen LogP contribution in [0.15, 0.2) is 24.3 Å². The molecule has 0 atom stereocenters. The summed E-state index contributed by atoms with van der Waals surface area (Å²) >= 11 is 6.01. The number of hydrogen-bond donors (Lipinski definition) is 0. The van der Waals surface area contributed by atoms with Crippen LogP contribution in [0, 0.1) is 6.92 Å². The molecule has 1 aromatic carbocycles. The molecule has 0 amide bonds. The van der Waals surface area contributed by atoms with Crippen LogP contribution in [0.25, 0.3) is 6.08 Å². The lowest BCUT2D eigenvalue weighted by Gasteiger charge is -2.00. The Morgan fingerprint density at radius 3 is 2.77 bits per heavy atom. The van der Waals surface area contributed by atoms with E-state index in [0.717, 1.165) is 11.1 Å². The minimum Gasteiger partial charge on any atom is -0.295 e. The molecule has 0 aliphatic heterocycles. The Labute approximate surface area is 83.0 Å². The molecule has 0 saturated carbocycles. The number of aryl methyl sites for hydroxylation is 1. The van der Waals surface area contributed by atoms with Gasteiger partial charge in [0.2, 0.25) is 0 Å². The molecule has 13 heavy (non-hydrogen) atoms. The Hall–Kier alpha value is -1.08. The van der Waals surface area contributed by atoms with Gasteiger partial charge in [0.25, 0.3) is 0 Å². The highest BCUT2D eigenvalue weighted by Gasteiger charge is 1.98. The summed E-state index contributed by atoms with van der Waals surface area (Å²) in [6.45, 7) is 3.45. The molecule has 68 valence electrons. The number of ketones is 1. The minimum absolute atomic E-state index is 0.0255. The Kier molecular flexibility index (Phi) is 3.26. The molecule has 0 aliphatic rings. The van der Waals surface area contributed by atoms with Crippen LogP contribution in [-0.2, 0) is 4.79 Å². The van der Waals surface area contributed by atoms with Gasteiger partial charge in [-0.1, -0.05) is 29.8 Å². The van der Waals surface area contributed by atoms with Gasteiger partial charge >= 0.3 is 0 Å². The summed E-state index contributed by atoms with van der Waals surface area (Å²) in [6.07, 6.45) is 3.25.